The maximum absolute atomic E-state index is 11.3. The molecular formula is C13H20N2OS. The molecule has 0 bridgehead atoms. The molecule has 4 heteroatoms. The van der Waals surface area contributed by atoms with Crippen LogP contribution in [-0.4, -0.2) is 27.2 Å². The number of rotatable bonds is 4. The van der Waals surface area contributed by atoms with Gasteiger partial charge in [0.2, 0.25) is 0 Å². The van der Waals surface area contributed by atoms with Gasteiger partial charge < -0.3 is 5.32 Å². The van der Waals surface area contributed by atoms with E-state index in [1.807, 2.05) is 19.2 Å². The number of fused-ring (bicyclic) bond motifs is 1. The molecule has 17 heavy (non-hydrogen) atoms. The average Bonchev–Trinajstić information content (AvgIpc) is 2.35. The number of aromatic nitrogens is 1. The fourth-order valence-electron chi connectivity index (χ4n) is 2.23. The van der Waals surface area contributed by atoms with Crippen LogP contribution in [0.3, 0.4) is 0 Å². The van der Waals surface area contributed by atoms with E-state index in [0.29, 0.717) is 6.04 Å². The van der Waals surface area contributed by atoms with E-state index in [4.69, 9.17) is 0 Å². The zero-order valence-electron chi connectivity index (χ0n) is 10.5. The van der Waals surface area contributed by atoms with E-state index in [-0.39, 0.29) is 5.25 Å². The van der Waals surface area contributed by atoms with E-state index in [9.17, 15) is 4.21 Å². The summed E-state index contributed by atoms with van der Waals surface area (Å²) in [7, 11) is -0.755. The molecule has 1 N–H and O–H groups in total. The van der Waals surface area contributed by atoms with Crippen LogP contribution < -0.4 is 5.32 Å². The van der Waals surface area contributed by atoms with E-state index in [0.717, 1.165) is 19.4 Å². The molecule has 0 saturated carbocycles. The third kappa shape index (κ3) is 3.13. The van der Waals surface area contributed by atoms with Crippen molar-refractivity contribution in [1.29, 1.82) is 0 Å². The first-order chi connectivity index (χ1) is 8.18. The summed E-state index contributed by atoms with van der Waals surface area (Å²) in [6, 6.07) is 4.51. The van der Waals surface area contributed by atoms with Gasteiger partial charge in [0.25, 0.3) is 0 Å². The first-order valence-electron chi connectivity index (χ1n) is 6.18. The highest BCUT2D eigenvalue weighted by molar-refractivity contribution is 7.84. The minimum Gasteiger partial charge on any atom is -0.307 e. The van der Waals surface area contributed by atoms with Gasteiger partial charge in [-0.25, -0.2) is 0 Å². The molecule has 1 aromatic heterocycles. The first-order valence-corrected chi connectivity index (χ1v) is 7.80. The Labute approximate surface area is 105 Å². The molecule has 3 atom stereocenters. The molecule has 0 radical (unpaired) electrons. The van der Waals surface area contributed by atoms with Crippen molar-refractivity contribution in [2.45, 2.75) is 37.5 Å². The van der Waals surface area contributed by atoms with Gasteiger partial charge in [0.15, 0.2) is 0 Å². The quantitative estimate of drug-likeness (QED) is 0.888. The molecule has 0 spiro atoms. The molecule has 0 amide bonds. The lowest BCUT2D eigenvalue weighted by molar-refractivity contribution is 0.450. The van der Waals surface area contributed by atoms with Gasteiger partial charge >= 0.3 is 0 Å². The molecule has 0 aliphatic heterocycles. The zero-order chi connectivity index (χ0) is 12.3. The molecule has 1 aromatic rings. The van der Waals surface area contributed by atoms with E-state index in [1.165, 1.54) is 17.7 Å². The third-order valence-electron chi connectivity index (χ3n) is 3.41. The van der Waals surface area contributed by atoms with Crippen molar-refractivity contribution in [3.05, 3.63) is 29.6 Å². The Morgan fingerprint density at radius 3 is 3.24 bits per heavy atom. The van der Waals surface area contributed by atoms with Gasteiger partial charge in [0.05, 0.1) is 5.69 Å². The molecule has 0 fully saturated rings. The Morgan fingerprint density at radius 1 is 1.65 bits per heavy atom. The normalized spacial score (nSPS) is 22.8. The highest BCUT2D eigenvalue weighted by Crippen LogP contribution is 2.27. The molecule has 3 nitrogen and oxygen atoms in total. The van der Waals surface area contributed by atoms with E-state index in [1.54, 1.807) is 6.26 Å². The van der Waals surface area contributed by atoms with Crippen molar-refractivity contribution >= 4 is 10.8 Å². The Balaban J connectivity index is 2.01. The van der Waals surface area contributed by atoms with Gasteiger partial charge in [-0.15, -0.1) is 0 Å². The summed E-state index contributed by atoms with van der Waals surface area (Å²) < 4.78 is 11.3. The van der Waals surface area contributed by atoms with Crippen LogP contribution in [0.25, 0.3) is 0 Å². The van der Waals surface area contributed by atoms with Crippen LogP contribution in [-0.2, 0) is 17.2 Å². The van der Waals surface area contributed by atoms with Crippen LogP contribution in [0.4, 0.5) is 0 Å². The predicted octanol–water partition coefficient (Wildman–Crippen LogP) is 1.82. The summed E-state index contributed by atoms with van der Waals surface area (Å²) in [5.41, 5.74) is 2.55. The largest absolute Gasteiger partial charge is 0.307 e. The summed E-state index contributed by atoms with van der Waals surface area (Å²) in [4.78, 5) is 4.49. The number of aryl methyl sites for hydroxylation is 1. The second kappa shape index (κ2) is 5.74. The van der Waals surface area contributed by atoms with Gasteiger partial charge in [0, 0.05) is 41.1 Å². The topological polar surface area (TPSA) is 42.0 Å². The van der Waals surface area contributed by atoms with Crippen molar-refractivity contribution in [1.82, 2.24) is 10.3 Å². The van der Waals surface area contributed by atoms with Crippen LogP contribution >= 0.6 is 0 Å². The maximum atomic E-state index is 11.3. The maximum Gasteiger partial charge on any atom is 0.0605 e. The van der Waals surface area contributed by atoms with Crippen LogP contribution in [0.2, 0.25) is 0 Å². The molecule has 1 aliphatic carbocycles. The molecule has 1 heterocycles. The van der Waals surface area contributed by atoms with E-state index < -0.39 is 10.8 Å². The lowest BCUT2D eigenvalue weighted by Gasteiger charge is -2.26. The van der Waals surface area contributed by atoms with Gasteiger partial charge in [-0.3, -0.25) is 9.19 Å². The highest BCUT2D eigenvalue weighted by atomic mass is 32.2. The van der Waals surface area contributed by atoms with Crippen LogP contribution in [0.15, 0.2) is 18.3 Å². The summed E-state index contributed by atoms with van der Waals surface area (Å²) in [6.07, 6.45) is 7.10. The molecule has 2 rings (SSSR count). The predicted molar refractivity (Wildman–Crippen MR) is 71.4 cm³/mol. The zero-order valence-corrected chi connectivity index (χ0v) is 11.3. The third-order valence-corrected chi connectivity index (χ3v) is 4.71. The second-order valence-corrected chi connectivity index (χ2v) is 6.51. The van der Waals surface area contributed by atoms with Gasteiger partial charge in [-0.05, 0) is 37.8 Å². The molecule has 1 aliphatic rings. The SMILES string of the molecule is CC(CNC1CCCc2cccnc21)S(C)=O. The smallest absolute Gasteiger partial charge is 0.0605 e. The minimum absolute atomic E-state index is 0.198. The molecule has 0 aromatic carbocycles. The van der Waals surface area contributed by atoms with Gasteiger partial charge in [-0.2, -0.15) is 0 Å². The molecule has 3 unspecified atom stereocenters. The summed E-state index contributed by atoms with van der Waals surface area (Å²) >= 11 is 0. The lowest BCUT2D eigenvalue weighted by atomic mass is 9.92. The number of nitrogens with zero attached hydrogens (tertiary/aromatic N) is 1. The Hall–Kier alpha value is -0.740. The number of hydrogen-bond donors (Lipinski definition) is 1. The van der Waals surface area contributed by atoms with Crippen LogP contribution in [0, 0.1) is 0 Å². The molecular weight excluding hydrogens is 232 g/mol. The van der Waals surface area contributed by atoms with Crippen molar-refractivity contribution in [2.75, 3.05) is 12.8 Å². The summed E-state index contributed by atoms with van der Waals surface area (Å²) in [5.74, 6) is 0. The second-order valence-electron chi connectivity index (χ2n) is 4.71. The minimum atomic E-state index is -0.755. The Morgan fingerprint density at radius 2 is 2.47 bits per heavy atom. The fourth-order valence-corrected chi connectivity index (χ4v) is 2.56. The lowest BCUT2D eigenvalue weighted by Crippen LogP contribution is -2.33. The van der Waals surface area contributed by atoms with Crippen molar-refractivity contribution < 1.29 is 4.21 Å². The number of nitrogens with one attached hydrogen (secondary N) is 1. The average molecular weight is 252 g/mol. The standard InChI is InChI=1S/C13H20N2OS/c1-10(17(2)16)9-15-12-7-3-5-11-6-4-8-14-13(11)12/h4,6,8,10,12,15H,3,5,7,9H2,1-2H3. The van der Waals surface area contributed by atoms with Crippen molar-refractivity contribution in [3.63, 3.8) is 0 Å². The van der Waals surface area contributed by atoms with Gasteiger partial charge in [0.1, 0.15) is 0 Å². The van der Waals surface area contributed by atoms with E-state index in [2.05, 4.69) is 16.4 Å². The fraction of sp³-hybridized carbons (Fsp3) is 0.615. The highest BCUT2D eigenvalue weighted by Gasteiger charge is 2.21. The number of pyridine rings is 1. The van der Waals surface area contributed by atoms with Gasteiger partial charge in [-0.1, -0.05) is 6.07 Å². The summed E-state index contributed by atoms with van der Waals surface area (Å²) in [6.45, 7) is 2.81. The summed E-state index contributed by atoms with van der Waals surface area (Å²) in [5, 5.41) is 3.70. The number of hydrogen-bond acceptors (Lipinski definition) is 3. The monoisotopic (exact) mass is 252 g/mol. The van der Waals surface area contributed by atoms with Crippen LogP contribution in [0.1, 0.15) is 37.1 Å². The van der Waals surface area contributed by atoms with Crippen LogP contribution in [0.5, 0.6) is 0 Å². The Bertz CT molecular complexity index is 408. The van der Waals surface area contributed by atoms with E-state index >= 15 is 0 Å². The Kier molecular flexibility index (Phi) is 4.29. The van der Waals surface area contributed by atoms with Crippen molar-refractivity contribution in [3.8, 4) is 0 Å². The molecule has 94 valence electrons. The molecule has 0 saturated heterocycles. The first kappa shape index (κ1) is 12.7. The van der Waals surface area contributed by atoms with Crippen molar-refractivity contribution in [2.24, 2.45) is 0 Å².